The number of likely N-dealkylation sites (N-methyl/N-ethyl adjacent to an activating group) is 1. The molecule has 0 amide bonds. The smallest absolute Gasteiger partial charge is 0.132 e. The van der Waals surface area contributed by atoms with Crippen LogP contribution in [0.25, 0.3) is 0 Å². The Labute approximate surface area is 134 Å². The number of nitrogens with one attached hydrogen (secondary N) is 2. The number of hydrogen-bond acceptors (Lipinski definition) is 4. The number of likely N-dealkylation sites (tertiary alicyclic amines) is 1. The number of hydrogen-bond donors (Lipinski definition) is 3. The number of aliphatic imine (C=N–C) groups is 1. The first-order valence-electron chi connectivity index (χ1n) is 8.55. The van der Waals surface area contributed by atoms with Crippen LogP contribution in [-0.4, -0.2) is 43.5 Å². The van der Waals surface area contributed by atoms with Gasteiger partial charge in [0, 0.05) is 25.7 Å². The van der Waals surface area contributed by atoms with Crippen LogP contribution >= 0.6 is 0 Å². The van der Waals surface area contributed by atoms with Gasteiger partial charge in [-0.15, -0.1) is 0 Å². The van der Waals surface area contributed by atoms with Crippen LogP contribution in [0.4, 0.5) is 0 Å². The van der Waals surface area contributed by atoms with E-state index in [0.717, 1.165) is 43.6 Å². The van der Waals surface area contributed by atoms with Gasteiger partial charge >= 0.3 is 0 Å². The van der Waals surface area contributed by atoms with Crippen molar-refractivity contribution in [3.05, 3.63) is 24.7 Å². The van der Waals surface area contributed by atoms with Crippen molar-refractivity contribution >= 4 is 5.84 Å². The Morgan fingerprint density at radius 3 is 2.73 bits per heavy atom. The highest BCUT2D eigenvalue weighted by atomic mass is 15.2. The molecule has 2 aliphatic rings. The molecule has 1 aliphatic heterocycles. The first-order chi connectivity index (χ1) is 10.7. The Morgan fingerprint density at radius 1 is 1.32 bits per heavy atom. The average molecular weight is 305 g/mol. The van der Waals surface area contributed by atoms with E-state index in [1.54, 1.807) is 6.20 Å². The zero-order chi connectivity index (χ0) is 15.8. The van der Waals surface area contributed by atoms with E-state index in [0.29, 0.717) is 6.04 Å². The predicted octanol–water partition coefficient (Wildman–Crippen LogP) is 1.79. The highest BCUT2D eigenvalue weighted by Crippen LogP contribution is 2.23. The average Bonchev–Trinajstić information content (AvgIpc) is 3.02. The van der Waals surface area contributed by atoms with E-state index >= 15 is 0 Å². The Kier molecular flexibility index (Phi) is 6.77. The molecule has 5 heteroatoms. The van der Waals surface area contributed by atoms with E-state index in [4.69, 9.17) is 5.73 Å². The van der Waals surface area contributed by atoms with Gasteiger partial charge in [0.15, 0.2) is 0 Å². The van der Waals surface area contributed by atoms with E-state index in [1.165, 1.54) is 32.1 Å². The quantitative estimate of drug-likeness (QED) is 0.517. The highest BCUT2D eigenvalue weighted by Gasteiger charge is 2.22. The zero-order valence-electron chi connectivity index (χ0n) is 13.9. The summed E-state index contributed by atoms with van der Waals surface area (Å²) in [7, 11) is 2.01. The van der Waals surface area contributed by atoms with Crippen LogP contribution < -0.4 is 16.4 Å². The molecule has 2 fully saturated rings. The molecule has 2 rings (SSSR count). The summed E-state index contributed by atoms with van der Waals surface area (Å²) in [4.78, 5) is 6.91. The van der Waals surface area contributed by atoms with Gasteiger partial charge in [0.25, 0.3) is 0 Å². The Morgan fingerprint density at radius 2 is 2.09 bits per heavy atom. The molecular formula is C17H31N5. The molecule has 0 aromatic heterocycles. The van der Waals surface area contributed by atoms with Crippen LogP contribution in [0.2, 0.25) is 0 Å². The summed E-state index contributed by atoms with van der Waals surface area (Å²) < 4.78 is 0. The van der Waals surface area contributed by atoms with Crippen molar-refractivity contribution in [3.8, 4) is 0 Å². The molecule has 1 saturated heterocycles. The predicted molar refractivity (Wildman–Crippen MR) is 93.5 cm³/mol. The molecule has 0 aromatic carbocycles. The third-order valence-corrected chi connectivity index (χ3v) is 4.73. The lowest BCUT2D eigenvalue weighted by atomic mass is 9.89. The maximum atomic E-state index is 5.58. The third kappa shape index (κ3) is 5.05. The van der Waals surface area contributed by atoms with E-state index in [2.05, 4.69) is 27.1 Å². The molecule has 0 spiro atoms. The topological polar surface area (TPSA) is 65.7 Å². The minimum atomic E-state index is 0.528. The molecule has 5 nitrogen and oxygen atoms in total. The third-order valence-electron chi connectivity index (χ3n) is 4.73. The fourth-order valence-corrected chi connectivity index (χ4v) is 3.33. The molecule has 0 aromatic rings. The summed E-state index contributed by atoms with van der Waals surface area (Å²) in [5.74, 6) is 2.42. The maximum absolute atomic E-state index is 5.58. The first kappa shape index (κ1) is 16.9. The van der Waals surface area contributed by atoms with Crippen molar-refractivity contribution in [2.75, 3.05) is 26.7 Å². The molecule has 1 saturated carbocycles. The van der Waals surface area contributed by atoms with Crippen LogP contribution in [0.5, 0.6) is 0 Å². The van der Waals surface area contributed by atoms with Crippen LogP contribution in [0.3, 0.4) is 0 Å². The standard InChI is InChI=1S/C17H31N5/c1-14(20-12-15-6-4-3-5-7-15)21-17(8-10-18)22-11-9-16(13-22)19-2/h8,10,15-16,19-20H,1,3-7,9,11-13,18H2,2H3/b10-8-,21-17+/t16-/m1/s1. The summed E-state index contributed by atoms with van der Waals surface area (Å²) in [6.45, 7) is 7.02. The second kappa shape index (κ2) is 8.83. The molecule has 0 bridgehead atoms. The molecule has 1 atom stereocenters. The van der Waals surface area contributed by atoms with E-state index in [9.17, 15) is 0 Å². The molecule has 0 unspecified atom stereocenters. The van der Waals surface area contributed by atoms with E-state index in [1.807, 2.05) is 13.1 Å². The lowest BCUT2D eigenvalue weighted by Gasteiger charge is -2.23. The molecule has 0 radical (unpaired) electrons. The first-order valence-corrected chi connectivity index (χ1v) is 8.55. The van der Waals surface area contributed by atoms with Gasteiger partial charge < -0.3 is 21.3 Å². The number of amidine groups is 1. The van der Waals surface area contributed by atoms with Crippen LogP contribution in [0, 0.1) is 5.92 Å². The SMILES string of the molecule is C=C(/N=C(\C=C/N)N1CC[C@@H](NC)C1)NCC1CCCCC1. The van der Waals surface area contributed by atoms with Crippen molar-refractivity contribution in [2.45, 2.75) is 44.6 Å². The van der Waals surface area contributed by atoms with Crippen molar-refractivity contribution < 1.29 is 0 Å². The van der Waals surface area contributed by atoms with Gasteiger partial charge in [-0.1, -0.05) is 25.8 Å². The molecule has 1 heterocycles. The van der Waals surface area contributed by atoms with Crippen molar-refractivity contribution in [3.63, 3.8) is 0 Å². The summed E-state index contributed by atoms with van der Waals surface area (Å²) in [6, 6.07) is 0.528. The molecule has 22 heavy (non-hydrogen) atoms. The van der Waals surface area contributed by atoms with Gasteiger partial charge in [0.1, 0.15) is 11.7 Å². The van der Waals surface area contributed by atoms with Crippen molar-refractivity contribution in [2.24, 2.45) is 16.6 Å². The summed E-state index contributed by atoms with van der Waals surface area (Å²) in [6.07, 6.45) is 11.3. The van der Waals surface area contributed by atoms with Crippen LogP contribution in [0.15, 0.2) is 29.7 Å². The van der Waals surface area contributed by atoms with Gasteiger partial charge in [-0.2, -0.15) is 0 Å². The Bertz CT molecular complexity index is 409. The number of rotatable bonds is 6. The molecular weight excluding hydrogens is 274 g/mol. The van der Waals surface area contributed by atoms with E-state index < -0.39 is 0 Å². The van der Waals surface area contributed by atoms with Crippen molar-refractivity contribution in [1.29, 1.82) is 0 Å². The normalized spacial score (nSPS) is 24.1. The van der Waals surface area contributed by atoms with Gasteiger partial charge in [0.05, 0.1) is 0 Å². The lowest BCUT2D eigenvalue weighted by Crippen LogP contribution is -2.33. The highest BCUT2D eigenvalue weighted by molar-refractivity contribution is 5.93. The number of nitrogens with two attached hydrogens (primary N) is 1. The minimum absolute atomic E-state index is 0.528. The summed E-state index contributed by atoms with van der Waals surface area (Å²) >= 11 is 0. The zero-order valence-corrected chi connectivity index (χ0v) is 13.9. The fraction of sp³-hybridized carbons (Fsp3) is 0.706. The van der Waals surface area contributed by atoms with Gasteiger partial charge in [-0.05, 0) is 44.5 Å². The molecule has 4 N–H and O–H groups in total. The van der Waals surface area contributed by atoms with Crippen molar-refractivity contribution in [1.82, 2.24) is 15.5 Å². The Hall–Kier alpha value is -1.49. The second-order valence-electron chi connectivity index (χ2n) is 6.38. The maximum Gasteiger partial charge on any atom is 0.132 e. The van der Waals surface area contributed by atoms with E-state index in [-0.39, 0.29) is 0 Å². The Balaban J connectivity index is 1.86. The largest absolute Gasteiger partial charge is 0.404 e. The summed E-state index contributed by atoms with van der Waals surface area (Å²) in [5.41, 5.74) is 5.58. The van der Waals surface area contributed by atoms with Crippen LogP contribution in [0.1, 0.15) is 38.5 Å². The summed E-state index contributed by atoms with van der Waals surface area (Å²) in [5, 5.41) is 6.71. The molecule has 124 valence electrons. The second-order valence-corrected chi connectivity index (χ2v) is 6.38. The van der Waals surface area contributed by atoms with Gasteiger partial charge in [-0.3, -0.25) is 0 Å². The monoisotopic (exact) mass is 305 g/mol. The molecule has 1 aliphatic carbocycles. The lowest BCUT2D eigenvalue weighted by molar-refractivity contribution is 0.350. The van der Waals surface area contributed by atoms with Gasteiger partial charge in [0.2, 0.25) is 0 Å². The van der Waals surface area contributed by atoms with Crippen LogP contribution in [-0.2, 0) is 0 Å². The van der Waals surface area contributed by atoms with Gasteiger partial charge in [-0.25, -0.2) is 4.99 Å². The number of nitrogens with zero attached hydrogens (tertiary/aromatic N) is 2. The minimum Gasteiger partial charge on any atom is -0.404 e. The fourth-order valence-electron chi connectivity index (χ4n) is 3.33.